The number of hydrogen-bond acceptors (Lipinski definition) is 4. The summed E-state index contributed by atoms with van der Waals surface area (Å²) < 4.78 is 2.01. The highest BCUT2D eigenvalue weighted by Crippen LogP contribution is 2.19. The monoisotopic (exact) mass is 381 g/mol. The molecule has 0 atom stereocenters. The first-order valence-electron chi connectivity index (χ1n) is 8.32. The molecule has 3 N–H and O–H groups in total. The Morgan fingerprint density at radius 1 is 1.11 bits per heavy atom. The number of H-pyrrole nitrogens is 1. The highest BCUT2D eigenvalue weighted by atomic mass is 32.1. The van der Waals surface area contributed by atoms with Crippen molar-refractivity contribution >= 4 is 35.4 Å². The van der Waals surface area contributed by atoms with Crippen LogP contribution < -0.4 is 10.6 Å². The van der Waals surface area contributed by atoms with Crippen LogP contribution in [-0.2, 0) is 16.1 Å². The van der Waals surface area contributed by atoms with Crippen molar-refractivity contribution in [2.75, 3.05) is 10.6 Å². The molecule has 8 heteroatoms. The number of nitrogens with one attached hydrogen (secondary N) is 3. The minimum absolute atomic E-state index is 0.0168. The van der Waals surface area contributed by atoms with E-state index >= 15 is 0 Å². The molecule has 0 spiro atoms. The molecule has 0 saturated carbocycles. The molecule has 0 aliphatic carbocycles. The first-order valence-corrected chi connectivity index (χ1v) is 8.73. The molecule has 0 saturated heterocycles. The summed E-state index contributed by atoms with van der Waals surface area (Å²) in [4.78, 5) is 23.7. The van der Waals surface area contributed by atoms with E-state index in [-0.39, 0.29) is 18.4 Å². The molecule has 0 aliphatic heterocycles. The third kappa shape index (κ3) is 4.68. The van der Waals surface area contributed by atoms with Gasteiger partial charge in [0.25, 0.3) is 0 Å². The summed E-state index contributed by atoms with van der Waals surface area (Å²) in [6, 6.07) is 14.8. The van der Waals surface area contributed by atoms with Crippen LogP contribution in [0.1, 0.15) is 12.5 Å². The molecule has 2 aromatic carbocycles. The summed E-state index contributed by atoms with van der Waals surface area (Å²) in [7, 11) is 0. The highest BCUT2D eigenvalue weighted by molar-refractivity contribution is 7.71. The Balaban J connectivity index is 1.77. The normalized spacial score (nSPS) is 10.4. The SMILES string of the molecule is CC(=O)Nc1cccc(NC(=O)Cn2c(-c3ccc(C)cc3)n[nH]c2=S)c1. The zero-order valence-corrected chi connectivity index (χ0v) is 15.8. The van der Waals surface area contributed by atoms with E-state index in [0.29, 0.717) is 22.0 Å². The van der Waals surface area contributed by atoms with Gasteiger partial charge in [-0.3, -0.25) is 19.3 Å². The lowest BCUT2D eigenvalue weighted by Crippen LogP contribution is -2.19. The van der Waals surface area contributed by atoms with E-state index in [1.165, 1.54) is 6.92 Å². The maximum atomic E-state index is 12.5. The summed E-state index contributed by atoms with van der Waals surface area (Å²) in [6.45, 7) is 3.45. The van der Waals surface area contributed by atoms with Gasteiger partial charge in [0, 0.05) is 23.9 Å². The Kier molecular flexibility index (Phi) is 5.46. The Morgan fingerprint density at radius 3 is 2.44 bits per heavy atom. The van der Waals surface area contributed by atoms with E-state index in [4.69, 9.17) is 12.2 Å². The van der Waals surface area contributed by atoms with Crippen LogP contribution in [0, 0.1) is 11.7 Å². The minimum atomic E-state index is -0.249. The molecule has 7 nitrogen and oxygen atoms in total. The minimum Gasteiger partial charge on any atom is -0.326 e. The van der Waals surface area contributed by atoms with Crippen molar-refractivity contribution in [1.29, 1.82) is 0 Å². The summed E-state index contributed by atoms with van der Waals surface area (Å²) >= 11 is 5.27. The second kappa shape index (κ2) is 7.96. The number of aromatic amines is 1. The molecule has 3 aromatic rings. The Bertz CT molecular complexity index is 1040. The van der Waals surface area contributed by atoms with E-state index in [0.717, 1.165) is 11.1 Å². The summed E-state index contributed by atoms with van der Waals surface area (Å²) in [5.41, 5.74) is 3.20. The van der Waals surface area contributed by atoms with E-state index in [1.54, 1.807) is 28.8 Å². The van der Waals surface area contributed by atoms with E-state index < -0.39 is 0 Å². The van der Waals surface area contributed by atoms with Gasteiger partial charge in [-0.2, -0.15) is 5.10 Å². The number of benzene rings is 2. The van der Waals surface area contributed by atoms with E-state index in [1.807, 2.05) is 31.2 Å². The second-order valence-corrected chi connectivity index (χ2v) is 6.50. The lowest BCUT2D eigenvalue weighted by atomic mass is 10.1. The van der Waals surface area contributed by atoms with E-state index in [9.17, 15) is 9.59 Å². The zero-order chi connectivity index (χ0) is 19.4. The van der Waals surface area contributed by atoms with Gasteiger partial charge in [-0.15, -0.1) is 0 Å². The molecular weight excluding hydrogens is 362 g/mol. The van der Waals surface area contributed by atoms with Crippen molar-refractivity contribution < 1.29 is 9.59 Å². The Hall–Kier alpha value is -3.26. The topological polar surface area (TPSA) is 91.8 Å². The largest absolute Gasteiger partial charge is 0.326 e. The van der Waals surface area contributed by atoms with Crippen LogP contribution >= 0.6 is 12.2 Å². The van der Waals surface area contributed by atoms with Crippen LogP contribution in [0.4, 0.5) is 11.4 Å². The van der Waals surface area contributed by atoms with Crippen molar-refractivity contribution in [3.63, 3.8) is 0 Å². The molecule has 2 amide bonds. The van der Waals surface area contributed by atoms with Crippen molar-refractivity contribution in [2.45, 2.75) is 20.4 Å². The maximum Gasteiger partial charge on any atom is 0.244 e. The molecule has 3 rings (SSSR count). The number of anilines is 2. The van der Waals surface area contributed by atoms with Gasteiger partial charge in [0.15, 0.2) is 10.6 Å². The average molecular weight is 381 g/mol. The van der Waals surface area contributed by atoms with Crippen LogP contribution in [0.15, 0.2) is 48.5 Å². The van der Waals surface area contributed by atoms with Gasteiger partial charge in [0.1, 0.15) is 6.54 Å². The fourth-order valence-electron chi connectivity index (χ4n) is 2.61. The molecule has 0 bridgehead atoms. The molecule has 0 aliphatic rings. The molecule has 1 heterocycles. The van der Waals surface area contributed by atoms with Crippen LogP contribution in [0.2, 0.25) is 0 Å². The number of carbonyl (C=O) groups is 2. The number of carbonyl (C=O) groups excluding carboxylic acids is 2. The molecule has 0 radical (unpaired) electrons. The van der Waals surface area contributed by atoms with Gasteiger partial charge in [-0.25, -0.2) is 0 Å². The van der Waals surface area contributed by atoms with E-state index in [2.05, 4.69) is 20.8 Å². The number of nitrogens with zero attached hydrogens (tertiary/aromatic N) is 2. The van der Waals surface area contributed by atoms with Gasteiger partial charge < -0.3 is 10.6 Å². The summed E-state index contributed by atoms with van der Waals surface area (Å²) in [5.74, 6) is 0.175. The third-order valence-corrected chi connectivity index (χ3v) is 4.15. The molecule has 27 heavy (non-hydrogen) atoms. The maximum absolute atomic E-state index is 12.5. The zero-order valence-electron chi connectivity index (χ0n) is 14.9. The lowest BCUT2D eigenvalue weighted by Gasteiger charge is -2.10. The van der Waals surface area contributed by atoms with Crippen molar-refractivity contribution in [3.05, 3.63) is 58.9 Å². The summed E-state index contributed by atoms with van der Waals surface area (Å²) in [5, 5.41) is 12.5. The predicted molar refractivity (Wildman–Crippen MR) is 107 cm³/mol. The smallest absolute Gasteiger partial charge is 0.244 e. The molecule has 1 aromatic heterocycles. The van der Waals surface area contributed by atoms with Gasteiger partial charge in [-0.1, -0.05) is 35.9 Å². The molecule has 0 fully saturated rings. The van der Waals surface area contributed by atoms with Gasteiger partial charge in [0.05, 0.1) is 0 Å². The number of hydrogen-bond donors (Lipinski definition) is 3. The van der Waals surface area contributed by atoms with Crippen molar-refractivity contribution in [3.8, 4) is 11.4 Å². The molecule has 138 valence electrons. The average Bonchev–Trinajstić information content (AvgIpc) is 2.96. The van der Waals surface area contributed by atoms with Crippen LogP contribution in [0.5, 0.6) is 0 Å². The first kappa shape index (κ1) is 18.5. The Morgan fingerprint density at radius 2 is 1.78 bits per heavy atom. The van der Waals surface area contributed by atoms with Crippen molar-refractivity contribution in [1.82, 2.24) is 14.8 Å². The number of aryl methyl sites for hydroxylation is 1. The second-order valence-electron chi connectivity index (χ2n) is 6.11. The Labute approximate surface area is 161 Å². The third-order valence-electron chi connectivity index (χ3n) is 3.84. The molecule has 0 unspecified atom stereocenters. The lowest BCUT2D eigenvalue weighted by molar-refractivity contribution is -0.117. The fraction of sp³-hybridized carbons (Fsp3) is 0.158. The van der Waals surface area contributed by atoms with Crippen LogP contribution in [-0.4, -0.2) is 26.6 Å². The quantitative estimate of drug-likeness (QED) is 0.590. The number of aromatic nitrogens is 3. The van der Waals surface area contributed by atoms with Crippen molar-refractivity contribution in [2.24, 2.45) is 0 Å². The van der Waals surface area contributed by atoms with Gasteiger partial charge >= 0.3 is 0 Å². The fourth-order valence-corrected chi connectivity index (χ4v) is 2.81. The van der Waals surface area contributed by atoms with Gasteiger partial charge in [-0.05, 0) is 37.3 Å². The first-order chi connectivity index (χ1) is 12.9. The predicted octanol–water partition coefficient (Wildman–Crippen LogP) is 3.51. The standard InChI is InChI=1S/C19H19N5O2S/c1-12-6-8-14(9-7-12)18-22-23-19(27)24(18)11-17(26)21-16-5-3-4-15(10-16)20-13(2)25/h3-10H,11H2,1-2H3,(H,20,25)(H,21,26)(H,23,27). The highest BCUT2D eigenvalue weighted by Gasteiger charge is 2.13. The van der Waals surface area contributed by atoms with Gasteiger partial charge in [0.2, 0.25) is 11.8 Å². The van der Waals surface area contributed by atoms with Crippen LogP contribution in [0.3, 0.4) is 0 Å². The number of amides is 2. The van der Waals surface area contributed by atoms with Crippen LogP contribution in [0.25, 0.3) is 11.4 Å². The number of rotatable bonds is 5. The molecular formula is C19H19N5O2S. The summed E-state index contributed by atoms with van der Waals surface area (Å²) in [6.07, 6.45) is 0.